The largest absolute Gasteiger partial charge is 0.358 e. The van der Waals surface area contributed by atoms with Gasteiger partial charge in [0.25, 0.3) is 0 Å². The van der Waals surface area contributed by atoms with Gasteiger partial charge in [0.15, 0.2) is 0 Å². The van der Waals surface area contributed by atoms with Crippen molar-refractivity contribution in [2.24, 2.45) is 0 Å². The summed E-state index contributed by atoms with van der Waals surface area (Å²) in [5.41, 5.74) is 4.64. The molecular formula is C14H18FN. The minimum atomic E-state index is -0.137. The summed E-state index contributed by atoms with van der Waals surface area (Å²) in [5.74, 6) is -0.137. The fourth-order valence-corrected chi connectivity index (χ4v) is 2.40. The van der Waals surface area contributed by atoms with E-state index in [2.05, 4.69) is 18.8 Å². The Kier molecular flexibility index (Phi) is 2.99. The van der Waals surface area contributed by atoms with Crippen molar-refractivity contribution < 1.29 is 4.39 Å². The van der Waals surface area contributed by atoms with Gasteiger partial charge in [0.2, 0.25) is 0 Å². The molecule has 1 aromatic heterocycles. The van der Waals surface area contributed by atoms with Crippen LogP contribution >= 0.6 is 0 Å². The predicted molar refractivity (Wildman–Crippen MR) is 66.4 cm³/mol. The highest BCUT2D eigenvalue weighted by Gasteiger charge is 2.11. The van der Waals surface area contributed by atoms with Gasteiger partial charge in [-0.2, -0.15) is 0 Å². The van der Waals surface area contributed by atoms with Crippen LogP contribution in [0.4, 0.5) is 4.39 Å². The molecule has 0 atom stereocenters. The van der Waals surface area contributed by atoms with E-state index in [1.54, 1.807) is 12.1 Å². The van der Waals surface area contributed by atoms with Crippen molar-refractivity contribution >= 4 is 10.9 Å². The topological polar surface area (TPSA) is 15.8 Å². The van der Waals surface area contributed by atoms with Crippen LogP contribution in [0.15, 0.2) is 12.1 Å². The van der Waals surface area contributed by atoms with E-state index in [4.69, 9.17) is 0 Å². The van der Waals surface area contributed by atoms with Crippen molar-refractivity contribution in [3.8, 4) is 0 Å². The molecule has 1 nitrogen and oxygen atoms in total. The molecule has 1 N–H and O–H groups in total. The van der Waals surface area contributed by atoms with Gasteiger partial charge < -0.3 is 4.98 Å². The highest BCUT2D eigenvalue weighted by Crippen LogP contribution is 2.27. The van der Waals surface area contributed by atoms with Gasteiger partial charge in [0.05, 0.1) is 0 Å². The molecular weight excluding hydrogens is 201 g/mol. The molecule has 86 valence electrons. The zero-order chi connectivity index (χ0) is 11.7. The molecule has 0 radical (unpaired) electrons. The van der Waals surface area contributed by atoms with Gasteiger partial charge >= 0.3 is 0 Å². The Morgan fingerprint density at radius 2 is 2.00 bits per heavy atom. The van der Waals surface area contributed by atoms with Crippen LogP contribution in [0.25, 0.3) is 10.9 Å². The van der Waals surface area contributed by atoms with Crippen LogP contribution in [0.5, 0.6) is 0 Å². The van der Waals surface area contributed by atoms with E-state index in [-0.39, 0.29) is 5.82 Å². The number of aromatic amines is 1. The maximum absolute atomic E-state index is 13.4. The third-order valence-electron chi connectivity index (χ3n) is 3.12. The number of hydrogen-bond acceptors (Lipinski definition) is 0. The molecule has 0 fully saturated rings. The first-order valence-corrected chi connectivity index (χ1v) is 5.97. The number of aryl methyl sites for hydroxylation is 3. The smallest absolute Gasteiger partial charge is 0.124 e. The van der Waals surface area contributed by atoms with Crippen molar-refractivity contribution in [2.45, 2.75) is 40.0 Å². The second kappa shape index (κ2) is 4.28. The van der Waals surface area contributed by atoms with Crippen LogP contribution in [-0.2, 0) is 12.8 Å². The number of rotatable bonds is 3. The summed E-state index contributed by atoms with van der Waals surface area (Å²) in [4.78, 5) is 3.44. The van der Waals surface area contributed by atoms with Crippen molar-refractivity contribution in [1.82, 2.24) is 4.98 Å². The van der Waals surface area contributed by atoms with Gasteiger partial charge in [-0.15, -0.1) is 0 Å². The summed E-state index contributed by atoms with van der Waals surface area (Å²) >= 11 is 0. The molecule has 0 bridgehead atoms. The normalized spacial score (nSPS) is 11.2. The second-order valence-electron chi connectivity index (χ2n) is 4.33. The summed E-state index contributed by atoms with van der Waals surface area (Å²) < 4.78 is 13.4. The zero-order valence-electron chi connectivity index (χ0n) is 10.2. The van der Waals surface area contributed by atoms with Crippen molar-refractivity contribution in [2.75, 3.05) is 0 Å². The highest BCUT2D eigenvalue weighted by atomic mass is 19.1. The van der Waals surface area contributed by atoms with E-state index in [0.717, 1.165) is 35.7 Å². The lowest BCUT2D eigenvalue weighted by Crippen LogP contribution is -1.89. The maximum atomic E-state index is 13.4. The van der Waals surface area contributed by atoms with Crippen LogP contribution in [0, 0.1) is 12.7 Å². The first kappa shape index (κ1) is 11.2. The Morgan fingerprint density at radius 3 is 2.62 bits per heavy atom. The van der Waals surface area contributed by atoms with E-state index in [9.17, 15) is 4.39 Å². The molecule has 0 aliphatic heterocycles. The zero-order valence-corrected chi connectivity index (χ0v) is 10.2. The molecule has 0 spiro atoms. The molecule has 2 aromatic rings. The Labute approximate surface area is 95.7 Å². The molecule has 0 saturated heterocycles. The monoisotopic (exact) mass is 219 g/mol. The van der Waals surface area contributed by atoms with Gasteiger partial charge in [0, 0.05) is 16.6 Å². The number of aromatic nitrogens is 1. The van der Waals surface area contributed by atoms with Crippen LogP contribution in [0.1, 0.15) is 37.1 Å². The first-order valence-electron chi connectivity index (χ1n) is 5.97. The van der Waals surface area contributed by atoms with E-state index < -0.39 is 0 Å². The average molecular weight is 219 g/mol. The molecule has 2 rings (SSSR count). The minimum absolute atomic E-state index is 0.137. The average Bonchev–Trinajstić information content (AvgIpc) is 2.56. The molecule has 0 amide bonds. The van der Waals surface area contributed by atoms with E-state index in [1.807, 2.05) is 6.92 Å². The van der Waals surface area contributed by atoms with Gasteiger partial charge in [-0.1, -0.05) is 20.3 Å². The summed E-state index contributed by atoms with van der Waals surface area (Å²) in [6.07, 6.45) is 3.11. The van der Waals surface area contributed by atoms with Gasteiger partial charge in [0.1, 0.15) is 5.82 Å². The number of fused-ring (bicyclic) bond motifs is 1. The lowest BCUT2D eigenvalue weighted by molar-refractivity contribution is 0.628. The first-order chi connectivity index (χ1) is 7.67. The lowest BCUT2D eigenvalue weighted by Gasteiger charge is -1.99. The highest BCUT2D eigenvalue weighted by molar-refractivity contribution is 5.87. The Morgan fingerprint density at radius 1 is 1.25 bits per heavy atom. The molecule has 0 saturated carbocycles. The number of hydrogen-bond donors (Lipinski definition) is 1. The Bertz CT molecular complexity index is 511. The van der Waals surface area contributed by atoms with Gasteiger partial charge in [-0.05, 0) is 43.0 Å². The standard InChI is InChI=1S/C14H18FN/c1-4-6-13-11(5-2)12-8-10(15)7-9(3)14(12)16-13/h7-8,16H,4-6H2,1-3H3. The lowest BCUT2D eigenvalue weighted by atomic mass is 10.0. The number of halogens is 1. The van der Waals surface area contributed by atoms with Crippen molar-refractivity contribution in [1.29, 1.82) is 0 Å². The van der Waals surface area contributed by atoms with Crippen molar-refractivity contribution in [3.05, 3.63) is 34.8 Å². The summed E-state index contributed by atoms with van der Waals surface area (Å²) in [7, 11) is 0. The fraction of sp³-hybridized carbons (Fsp3) is 0.429. The molecule has 1 aromatic carbocycles. The third-order valence-corrected chi connectivity index (χ3v) is 3.12. The molecule has 0 unspecified atom stereocenters. The SMILES string of the molecule is CCCc1[nH]c2c(C)cc(F)cc2c1CC. The third kappa shape index (κ3) is 1.73. The molecule has 1 heterocycles. The summed E-state index contributed by atoms with van der Waals surface area (Å²) in [5, 5.41) is 1.06. The fourth-order valence-electron chi connectivity index (χ4n) is 2.40. The maximum Gasteiger partial charge on any atom is 0.124 e. The van der Waals surface area contributed by atoms with Crippen LogP contribution in [0.3, 0.4) is 0 Å². The van der Waals surface area contributed by atoms with Crippen LogP contribution in [-0.4, -0.2) is 4.98 Å². The predicted octanol–water partition coefficient (Wildman–Crippen LogP) is 4.13. The van der Waals surface area contributed by atoms with Gasteiger partial charge in [-0.3, -0.25) is 0 Å². The van der Waals surface area contributed by atoms with E-state index >= 15 is 0 Å². The number of H-pyrrole nitrogens is 1. The second-order valence-corrected chi connectivity index (χ2v) is 4.33. The quantitative estimate of drug-likeness (QED) is 0.798. The van der Waals surface area contributed by atoms with Crippen LogP contribution in [0.2, 0.25) is 0 Å². The number of nitrogens with one attached hydrogen (secondary N) is 1. The van der Waals surface area contributed by atoms with Gasteiger partial charge in [-0.25, -0.2) is 4.39 Å². The Balaban J connectivity index is 2.71. The van der Waals surface area contributed by atoms with E-state index in [0.29, 0.717) is 0 Å². The summed E-state index contributed by atoms with van der Waals surface area (Å²) in [6.45, 7) is 6.25. The van der Waals surface area contributed by atoms with Crippen LogP contribution < -0.4 is 0 Å². The molecule has 16 heavy (non-hydrogen) atoms. The molecule has 2 heteroatoms. The molecule has 0 aliphatic rings. The van der Waals surface area contributed by atoms with Crippen molar-refractivity contribution in [3.63, 3.8) is 0 Å². The minimum Gasteiger partial charge on any atom is -0.358 e. The summed E-state index contributed by atoms with van der Waals surface area (Å²) in [6, 6.07) is 3.24. The number of benzene rings is 1. The molecule has 0 aliphatic carbocycles. The van der Waals surface area contributed by atoms with E-state index in [1.165, 1.54) is 11.3 Å². The Hall–Kier alpha value is -1.31.